The molecule has 1 aliphatic carbocycles. The highest BCUT2D eigenvalue weighted by atomic mass is 35.5. The second-order valence-electron chi connectivity index (χ2n) is 3.76. The molecule has 0 spiro atoms. The lowest BCUT2D eigenvalue weighted by Crippen LogP contribution is -2.42. The van der Waals surface area contributed by atoms with Crippen LogP contribution in [-0.2, 0) is 5.54 Å². The molecule has 14 heavy (non-hydrogen) atoms. The van der Waals surface area contributed by atoms with Crippen LogP contribution in [0, 0.1) is 0 Å². The number of nitrogens with two attached hydrogens (primary N) is 1. The first-order valence-electron chi connectivity index (χ1n) is 4.29. The monoisotopic (exact) mass is 215 g/mol. The van der Waals surface area contributed by atoms with Crippen LogP contribution in [0.1, 0.15) is 24.2 Å². The average molecular weight is 216 g/mol. The lowest BCUT2D eigenvalue weighted by Gasteiger charge is -2.24. The van der Waals surface area contributed by atoms with Crippen LogP contribution in [0.25, 0.3) is 0 Å². The topological polar surface area (TPSA) is 66.5 Å². The van der Waals surface area contributed by atoms with Crippen LogP contribution in [0.2, 0.25) is 0 Å². The fourth-order valence-corrected chi connectivity index (χ4v) is 1.90. The van der Waals surface area contributed by atoms with E-state index in [0.717, 1.165) is 11.1 Å². The van der Waals surface area contributed by atoms with Crippen LogP contribution < -0.4 is 5.73 Å². The third kappa shape index (κ3) is 1.33. The van der Waals surface area contributed by atoms with Gasteiger partial charge in [-0.15, -0.1) is 12.4 Å². The van der Waals surface area contributed by atoms with Gasteiger partial charge in [-0.2, -0.15) is 0 Å². The second-order valence-corrected chi connectivity index (χ2v) is 3.76. The summed E-state index contributed by atoms with van der Waals surface area (Å²) in [6.45, 7) is 1.73. The van der Waals surface area contributed by atoms with E-state index in [2.05, 4.69) is 0 Å². The van der Waals surface area contributed by atoms with Crippen molar-refractivity contribution in [3.63, 3.8) is 0 Å². The Morgan fingerprint density at radius 2 is 1.86 bits per heavy atom. The van der Waals surface area contributed by atoms with Gasteiger partial charge in [-0.05, 0) is 18.1 Å². The van der Waals surface area contributed by atoms with Crippen LogP contribution in [0.5, 0.6) is 0 Å². The summed E-state index contributed by atoms with van der Waals surface area (Å²) >= 11 is 0. The summed E-state index contributed by atoms with van der Waals surface area (Å²) in [6, 6.07) is 7.32. The van der Waals surface area contributed by atoms with E-state index in [4.69, 9.17) is 5.73 Å². The van der Waals surface area contributed by atoms with E-state index < -0.39 is 17.7 Å². The van der Waals surface area contributed by atoms with Crippen molar-refractivity contribution in [2.24, 2.45) is 5.73 Å². The predicted molar refractivity (Wildman–Crippen MR) is 56.2 cm³/mol. The molecule has 4 heteroatoms. The molecule has 2 rings (SSSR count). The average Bonchev–Trinajstić information content (AvgIpc) is 2.30. The Bertz CT molecular complexity index is 341. The first-order valence-corrected chi connectivity index (χ1v) is 4.29. The Balaban J connectivity index is 0.000000980. The number of rotatable bonds is 0. The number of aliphatic hydroxyl groups excluding tert-OH is 2. The minimum Gasteiger partial charge on any atom is -0.388 e. The third-order valence-corrected chi connectivity index (χ3v) is 2.77. The molecule has 0 heterocycles. The summed E-state index contributed by atoms with van der Waals surface area (Å²) in [6.07, 6.45) is -1.77. The van der Waals surface area contributed by atoms with E-state index in [1.54, 1.807) is 13.0 Å². The number of hydrogen-bond acceptors (Lipinski definition) is 3. The number of hydrogen-bond donors (Lipinski definition) is 3. The van der Waals surface area contributed by atoms with E-state index in [0.29, 0.717) is 0 Å². The fraction of sp³-hybridized carbons (Fsp3) is 0.400. The normalized spacial score (nSPS) is 34.9. The van der Waals surface area contributed by atoms with E-state index >= 15 is 0 Å². The molecule has 0 saturated heterocycles. The number of aliphatic hydroxyl groups is 2. The first kappa shape index (κ1) is 11.5. The molecule has 0 bridgehead atoms. The van der Waals surface area contributed by atoms with Gasteiger partial charge in [0.1, 0.15) is 12.2 Å². The molecule has 0 aromatic heterocycles. The third-order valence-electron chi connectivity index (χ3n) is 2.77. The van der Waals surface area contributed by atoms with Crippen LogP contribution >= 0.6 is 12.4 Å². The maximum absolute atomic E-state index is 9.67. The van der Waals surface area contributed by atoms with Gasteiger partial charge in [0, 0.05) is 0 Å². The molecular formula is C10H14ClNO2. The van der Waals surface area contributed by atoms with Gasteiger partial charge in [-0.25, -0.2) is 0 Å². The molecule has 3 atom stereocenters. The highest BCUT2D eigenvalue weighted by molar-refractivity contribution is 5.85. The SMILES string of the molecule is CC1(N)c2ccccc2[C@H](O)[C@H]1O.Cl. The molecule has 1 aliphatic rings. The standard InChI is InChI=1S/C10H13NO2.ClH/c1-10(11)7-5-3-2-4-6(7)8(12)9(10)13;/h2-5,8-9,12-13H,11H2,1H3;1H/t8-,9+,10?;/m0./s1. The fourth-order valence-electron chi connectivity index (χ4n) is 1.90. The summed E-state index contributed by atoms with van der Waals surface area (Å²) in [5.74, 6) is 0. The molecule has 1 aromatic rings. The summed E-state index contributed by atoms with van der Waals surface area (Å²) in [5, 5.41) is 19.3. The van der Waals surface area contributed by atoms with Crippen molar-refractivity contribution in [1.82, 2.24) is 0 Å². The Morgan fingerprint density at radius 1 is 1.29 bits per heavy atom. The molecule has 1 unspecified atom stereocenters. The molecule has 0 amide bonds. The lowest BCUT2D eigenvalue weighted by molar-refractivity contribution is -0.00839. The number of benzene rings is 1. The quantitative estimate of drug-likeness (QED) is 0.597. The lowest BCUT2D eigenvalue weighted by atomic mass is 9.94. The molecule has 78 valence electrons. The Morgan fingerprint density at radius 3 is 2.43 bits per heavy atom. The minimum absolute atomic E-state index is 0. The van der Waals surface area contributed by atoms with Crippen LogP contribution in [0.3, 0.4) is 0 Å². The summed E-state index contributed by atoms with van der Waals surface area (Å²) in [4.78, 5) is 0. The zero-order valence-corrected chi connectivity index (χ0v) is 8.66. The van der Waals surface area contributed by atoms with Crippen molar-refractivity contribution in [3.05, 3.63) is 35.4 Å². The highest BCUT2D eigenvalue weighted by Crippen LogP contribution is 2.41. The highest BCUT2D eigenvalue weighted by Gasteiger charge is 2.44. The van der Waals surface area contributed by atoms with Crippen molar-refractivity contribution >= 4 is 12.4 Å². The van der Waals surface area contributed by atoms with Gasteiger partial charge in [-0.3, -0.25) is 0 Å². The Kier molecular flexibility index (Phi) is 2.88. The van der Waals surface area contributed by atoms with E-state index in [9.17, 15) is 10.2 Å². The van der Waals surface area contributed by atoms with Crippen molar-refractivity contribution < 1.29 is 10.2 Å². The van der Waals surface area contributed by atoms with Crippen LogP contribution in [-0.4, -0.2) is 16.3 Å². The summed E-state index contributed by atoms with van der Waals surface area (Å²) in [5.41, 5.74) is 6.64. The zero-order valence-electron chi connectivity index (χ0n) is 7.84. The number of halogens is 1. The van der Waals surface area contributed by atoms with Crippen molar-refractivity contribution in [2.75, 3.05) is 0 Å². The molecule has 0 saturated carbocycles. The van der Waals surface area contributed by atoms with Gasteiger partial charge in [0.15, 0.2) is 0 Å². The van der Waals surface area contributed by atoms with Crippen molar-refractivity contribution in [2.45, 2.75) is 24.7 Å². The molecule has 0 radical (unpaired) electrons. The molecule has 1 aromatic carbocycles. The van der Waals surface area contributed by atoms with E-state index in [1.807, 2.05) is 18.2 Å². The van der Waals surface area contributed by atoms with Crippen molar-refractivity contribution in [3.8, 4) is 0 Å². The molecule has 0 fully saturated rings. The molecular weight excluding hydrogens is 202 g/mol. The van der Waals surface area contributed by atoms with Gasteiger partial charge >= 0.3 is 0 Å². The first-order chi connectivity index (χ1) is 6.05. The van der Waals surface area contributed by atoms with Gasteiger partial charge in [0.2, 0.25) is 0 Å². The zero-order chi connectivity index (χ0) is 9.64. The Labute approximate surface area is 89.0 Å². The van der Waals surface area contributed by atoms with Gasteiger partial charge in [0.05, 0.1) is 5.54 Å². The van der Waals surface area contributed by atoms with E-state index in [-0.39, 0.29) is 12.4 Å². The summed E-state index contributed by atoms with van der Waals surface area (Å²) in [7, 11) is 0. The molecule has 0 aliphatic heterocycles. The predicted octanol–water partition coefficient (Wildman–Crippen LogP) is 0.690. The van der Waals surface area contributed by atoms with Gasteiger partial charge in [0.25, 0.3) is 0 Å². The number of fused-ring (bicyclic) bond motifs is 1. The maximum Gasteiger partial charge on any atom is 0.107 e. The summed E-state index contributed by atoms with van der Waals surface area (Å²) < 4.78 is 0. The largest absolute Gasteiger partial charge is 0.388 e. The molecule has 3 nitrogen and oxygen atoms in total. The van der Waals surface area contributed by atoms with Crippen LogP contribution in [0.4, 0.5) is 0 Å². The van der Waals surface area contributed by atoms with E-state index in [1.165, 1.54) is 0 Å². The van der Waals surface area contributed by atoms with Crippen LogP contribution in [0.15, 0.2) is 24.3 Å². The van der Waals surface area contributed by atoms with Gasteiger partial charge in [-0.1, -0.05) is 24.3 Å². The van der Waals surface area contributed by atoms with Crippen molar-refractivity contribution in [1.29, 1.82) is 0 Å². The second kappa shape index (κ2) is 3.51. The smallest absolute Gasteiger partial charge is 0.107 e. The van der Waals surface area contributed by atoms with Gasteiger partial charge < -0.3 is 15.9 Å². The maximum atomic E-state index is 9.67. The molecule has 4 N–H and O–H groups in total. The Hall–Kier alpha value is -0.610. The minimum atomic E-state index is -0.912.